The Hall–Kier alpha value is -0.730. The third kappa shape index (κ3) is 10.1. The van der Waals surface area contributed by atoms with Crippen LogP contribution < -0.4 is 16.0 Å². The smallest absolute Gasteiger partial charge is 0.407 e. The second-order valence-corrected chi connectivity index (χ2v) is 6.41. The van der Waals surface area contributed by atoms with E-state index in [1.807, 2.05) is 20.8 Å². The highest BCUT2D eigenvalue weighted by Crippen LogP contribution is 2.17. The summed E-state index contributed by atoms with van der Waals surface area (Å²) in [5, 5.41) is 9.43. The lowest BCUT2D eigenvalue weighted by Gasteiger charge is -2.20. The van der Waals surface area contributed by atoms with Crippen molar-refractivity contribution in [3.05, 3.63) is 0 Å². The predicted molar refractivity (Wildman–Crippen MR) is 101 cm³/mol. The number of hydrogen-bond acceptors (Lipinski definition) is 3. The first-order chi connectivity index (χ1) is 9.90. The van der Waals surface area contributed by atoms with Gasteiger partial charge in [0.1, 0.15) is 5.60 Å². The number of hydrogen-bond donors (Lipinski definition) is 3. The number of ether oxygens (including phenoxy) is 1. The Kier molecular flexibility index (Phi) is 10.5. The van der Waals surface area contributed by atoms with E-state index in [-0.39, 0.29) is 30.1 Å². The van der Waals surface area contributed by atoms with Gasteiger partial charge in [0, 0.05) is 26.2 Å². The molecule has 0 bridgehead atoms. The van der Waals surface area contributed by atoms with Crippen LogP contribution in [-0.2, 0) is 4.74 Å². The number of carbonyl (C=O) groups excluding carboxylic acids is 1. The maximum atomic E-state index is 11.5. The van der Waals surface area contributed by atoms with E-state index < -0.39 is 5.60 Å². The number of halogens is 1. The first kappa shape index (κ1) is 21.3. The molecule has 0 aliphatic heterocycles. The Bertz CT molecular complexity index is 350. The summed E-state index contributed by atoms with van der Waals surface area (Å²) in [5.74, 6) is 0.846. The lowest BCUT2D eigenvalue weighted by atomic mass is 10.2. The first-order valence-corrected chi connectivity index (χ1v) is 7.85. The fraction of sp³-hybridized carbons (Fsp3) is 0.867. The second kappa shape index (κ2) is 10.9. The fourth-order valence-electron chi connectivity index (χ4n) is 2.26. The average molecular weight is 426 g/mol. The third-order valence-corrected chi connectivity index (χ3v) is 3.23. The highest BCUT2D eigenvalue weighted by molar-refractivity contribution is 14.0. The minimum atomic E-state index is -0.449. The molecule has 1 aliphatic carbocycles. The van der Waals surface area contributed by atoms with Crippen LogP contribution in [0.25, 0.3) is 0 Å². The number of nitrogens with one attached hydrogen (secondary N) is 3. The number of aliphatic imine (C=N–C) groups is 1. The number of rotatable bonds is 5. The van der Waals surface area contributed by atoms with Crippen LogP contribution in [0.2, 0.25) is 0 Å². The molecule has 7 heteroatoms. The largest absolute Gasteiger partial charge is 0.444 e. The molecule has 1 fully saturated rings. The van der Waals surface area contributed by atoms with Crippen molar-refractivity contribution >= 4 is 36.0 Å². The van der Waals surface area contributed by atoms with Crippen molar-refractivity contribution in [2.75, 3.05) is 20.1 Å². The Balaban J connectivity index is 0.00000441. The van der Waals surface area contributed by atoms with Crippen molar-refractivity contribution in [2.24, 2.45) is 4.99 Å². The molecule has 0 aromatic rings. The average Bonchev–Trinajstić information content (AvgIpc) is 2.87. The molecule has 1 amide bonds. The van der Waals surface area contributed by atoms with Crippen molar-refractivity contribution in [1.29, 1.82) is 0 Å². The van der Waals surface area contributed by atoms with Crippen molar-refractivity contribution in [3.8, 4) is 0 Å². The van der Waals surface area contributed by atoms with E-state index in [0.29, 0.717) is 12.6 Å². The SMILES string of the molecule is CN=C(NCCCNC(=O)OC(C)(C)C)NC1CCCC1.I. The van der Waals surface area contributed by atoms with Gasteiger partial charge in [-0.3, -0.25) is 4.99 Å². The molecule has 0 spiro atoms. The van der Waals surface area contributed by atoms with E-state index in [1.165, 1.54) is 25.7 Å². The number of guanidine groups is 1. The van der Waals surface area contributed by atoms with Crippen LogP contribution in [0, 0.1) is 0 Å². The summed E-state index contributed by atoms with van der Waals surface area (Å²) in [6.07, 6.45) is 5.51. The molecular formula is C15H31IN4O2. The van der Waals surface area contributed by atoms with Gasteiger partial charge < -0.3 is 20.7 Å². The van der Waals surface area contributed by atoms with Gasteiger partial charge in [-0.25, -0.2) is 4.79 Å². The molecule has 0 saturated heterocycles. The van der Waals surface area contributed by atoms with Crippen LogP contribution in [0.5, 0.6) is 0 Å². The van der Waals surface area contributed by atoms with E-state index in [4.69, 9.17) is 4.74 Å². The van der Waals surface area contributed by atoms with Crippen LogP contribution in [0.3, 0.4) is 0 Å². The molecule has 0 aromatic carbocycles. The fourth-order valence-corrected chi connectivity index (χ4v) is 2.26. The Morgan fingerprint density at radius 3 is 2.32 bits per heavy atom. The summed E-state index contributed by atoms with van der Waals surface area (Å²) in [5.41, 5.74) is -0.449. The molecule has 1 saturated carbocycles. The second-order valence-electron chi connectivity index (χ2n) is 6.41. The molecule has 22 heavy (non-hydrogen) atoms. The molecule has 6 nitrogen and oxygen atoms in total. The molecule has 0 radical (unpaired) electrons. The zero-order valence-corrected chi connectivity index (χ0v) is 16.5. The molecule has 1 aliphatic rings. The molecular weight excluding hydrogens is 395 g/mol. The maximum absolute atomic E-state index is 11.5. The van der Waals surface area contributed by atoms with Gasteiger partial charge in [-0.15, -0.1) is 24.0 Å². The van der Waals surface area contributed by atoms with Crippen molar-refractivity contribution in [3.63, 3.8) is 0 Å². The summed E-state index contributed by atoms with van der Waals surface area (Å²) in [7, 11) is 1.78. The monoisotopic (exact) mass is 426 g/mol. The zero-order chi connectivity index (χ0) is 15.7. The Labute approximate surface area is 151 Å². The molecule has 0 atom stereocenters. The van der Waals surface area contributed by atoms with E-state index in [2.05, 4.69) is 20.9 Å². The van der Waals surface area contributed by atoms with Crippen LogP contribution >= 0.6 is 24.0 Å². The Morgan fingerprint density at radius 2 is 1.77 bits per heavy atom. The number of amides is 1. The van der Waals surface area contributed by atoms with Gasteiger partial charge in [0.05, 0.1) is 0 Å². The van der Waals surface area contributed by atoms with Gasteiger partial charge in [0.15, 0.2) is 5.96 Å². The number of nitrogens with zero attached hydrogens (tertiary/aromatic N) is 1. The van der Waals surface area contributed by atoms with E-state index in [1.54, 1.807) is 7.05 Å². The minimum Gasteiger partial charge on any atom is -0.444 e. The highest BCUT2D eigenvalue weighted by atomic mass is 127. The standard InChI is InChI=1S/C15H30N4O2.HI/c1-15(2,3)21-14(20)18-11-7-10-17-13(16-4)19-12-8-5-6-9-12;/h12H,5-11H2,1-4H3,(H,18,20)(H2,16,17,19);1H. The summed E-state index contributed by atoms with van der Waals surface area (Å²) in [6, 6.07) is 0.552. The van der Waals surface area contributed by atoms with Crippen LogP contribution in [0.1, 0.15) is 52.9 Å². The number of alkyl carbamates (subject to hydrolysis) is 1. The molecule has 0 heterocycles. The molecule has 130 valence electrons. The summed E-state index contributed by atoms with van der Waals surface area (Å²) < 4.78 is 5.17. The van der Waals surface area contributed by atoms with Crippen LogP contribution in [0.4, 0.5) is 4.79 Å². The van der Waals surface area contributed by atoms with Gasteiger partial charge in [0.25, 0.3) is 0 Å². The summed E-state index contributed by atoms with van der Waals surface area (Å²) in [6.45, 7) is 6.91. The number of carbonyl (C=O) groups is 1. The summed E-state index contributed by atoms with van der Waals surface area (Å²) in [4.78, 5) is 15.7. The Morgan fingerprint density at radius 1 is 1.18 bits per heavy atom. The predicted octanol–water partition coefficient (Wildman–Crippen LogP) is 2.63. The molecule has 0 unspecified atom stereocenters. The minimum absolute atomic E-state index is 0. The van der Waals surface area contributed by atoms with Crippen LogP contribution in [0.15, 0.2) is 4.99 Å². The van der Waals surface area contributed by atoms with Gasteiger partial charge in [-0.05, 0) is 40.0 Å². The summed E-state index contributed by atoms with van der Waals surface area (Å²) >= 11 is 0. The molecule has 0 aromatic heterocycles. The van der Waals surface area contributed by atoms with Gasteiger partial charge in [-0.1, -0.05) is 12.8 Å². The molecule has 1 rings (SSSR count). The van der Waals surface area contributed by atoms with E-state index in [0.717, 1.165) is 18.9 Å². The lowest BCUT2D eigenvalue weighted by molar-refractivity contribution is 0.0527. The van der Waals surface area contributed by atoms with Crippen molar-refractivity contribution in [2.45, 2.75) is 64.5 Å². The first-order valence-electron chi connectivity index (χ1n) is 7.85. The van der Waals surface area contributed by atoms with Gasteiger partial charge >= 0.3 is 6.09 Å². The van der Waals surface area contributed by atoms with Crippen LogP contribution in [-0.4, -0.2) is 43.8 Å². The van der Waals surface area contributed by atoms with Crippen molar-refractivity contribution in [1.82, 2.24) is 16.0 Å². The third-order valence-electron chi connectivity index (χ3n) is 3.23. The lowest BCUT2D eigenvalue weighted by Crippen LogP contribution is -2.43. The van der Waals surface area contributed by atoms with E-state index >= 15 is 0 Å². The topological polar surface area (TPSA) is 74.8 Å². The zero-order valence-electron chi connectivity index (χ0n) is 14.2. The van der Waals surface area contributed by atoms with Crippen molar-refractivity contribution < 1.29 is 9.53 Å². The van der Waals surface area contributed by atoms with Gasteiger partial charge in [-0.2, -0.15) is 0 Å². The quantitative estimate of drug-likeness (QED) is 0.274. The van der Waals surface area contributed by atoms with E-state index in [9.17, 15) is 4.79 Å². The normalized spacial score (nSPS) is 15.9. The molecule has 3 N–H and O–H groups in total. The highest BCUT2D eigenvalue weighted by Gasteiger charge is 2.16. The van der Waals surface area contributed by atoms with Gasteiger partial charge in [0.2, 0.25) is 0 Å². The maximum Gasteiger partial charge on any atom is 0.407 e.